The number of aliphatic imine (C=N–C) groups is 1. The first-order chi connectivity index (χ1) is 23.7. The van der Waals surface area contributed by atoms with Crippen LogP contribution in [-0.4, -0.2) is 90.0 Å². The molecule has 49 heavy (non-hydrogen) atoms. The van der Waals surface area contributed by atoms with Crippen LogP contribution in [0.5, 0.6) is 28.7 Å². The van der Waals surface area contributed by atoms with Crippen LogP contribution in [0.25, 0.3) is 0 Å². The van der Waals surface area contributed by atoms with Crippen molar-refractivity contribution in [2.45, 2.75) is 87.3 Å². The van der Waals surface area contributed by atoms with E-state index in [4.69, 9.17) is 53.9 Å². The molecule has 4 aliphatic heterocycles. The number of hydroxylamine groups is 1. The molecule has 5 aliphatic rings. The van der Waals surface area contributed by atoms with E-state index in [-0.39, 0.29) is 30.5 Å². The first kappa shape index (κ1) is 33.0. The third-order valence-electron chi connectivity index (χ3n) is 9.02. The first-order valence-corrected chi connectivity index (χ1v) is 16.1. The minimum atomic E-state index is -1.76. The average molecular weight is 688 g/mol. The topological polar surface area (TPSA) is 228 Å². The Bertz CT molecular complexity index is 1580. The molecule has 1 aliphatic carbocycles. The predicted molar refractivity (Wildman–Crippen MR) is 163 cm³/mol. The number of ether oxygens (including phenoxy) is 6. The van der Waals surface area contributed by atoms with E-state index in [0.29, 0.717) is 35.2 Å². The molecule has 17 heteroatoms. The van der Waals surface area contributed by atoms with Crippen LogP contribution in [0.4, 0.5) is 0 Å². The zero-order valence-electron chi connectivity index (χ0n) is 26.2. The summed E-state index contributed by atoms with van der Waals surface area (Å²) in [5, 5.41) is 30.9. The van der Waals surface area contributed by atoms with Crippen molar-refractivity contribution in [2.24, 2.45) is 10.7 Å². The van der Waals surface area contributed by atoms with E-state index in [1.54, 1.807) is 24.3 Å². The highest BCUT2D eigenvalue weighted by molar-refractivity contribution is 5.90. The maximum atomic E-state index is 11.8. The second-order valence-electron chi connectivity index (χ2n) is 12.3. The molecule has 17 nitrogen and oxygen atoms in total. The molecule has 0 unspecified atom stereocenters. The standard InChI is InChI=1S/C32H37N3O14/c33-32(34-15-4-2-1-3-5-15)35-47-29-27(39)24(13-42-26(38)11-25(36)37)46-31(40)30(29)49-48-16-6-7-20-18(8-16)28-19(12-41-20)17-9-22-23(44-14-43-22)10-21(17)45-28/h6-10,15,19,24,27-31,39-40H,1-5,11-14H2,(H,36,37)(H3,33,34,35)/t19-,24-,27-,28+,29+,30+,31-/m1/s1. The van der Waals surface area contributed by atoms with Gasteiger partial charge in [-0.2, -0.15) is 4.89 Å². The fourth-order valence-electron chi connectivity index (χ4n) is 6.59. The highest BCUT2D eigenvalue weighted by Gasteiger charge is 2.49. The summed E-state index contributed by atoms with van der Waals surface area (Å²) in [6, 6.07) is 8.69. The Balaban J connectivity index is 1.05. The van der Waals surface area contributed by atoms with Gasteiger partial charge in [-0.25, -0.2) is 10.5 Å². The number of aliphatic hydroxyl groups excluding tert-OH is 2. The predicted octanol–water partition coefficient (Wildman–Crippen LogP) is 1.34. The molecule has 0 radical (unpaired) electrons. The number of hydrogen-bond acceptors (Lipinski definition) is 14. The molecule has 2 aromatic rings. The van der Waals surface area contributed by atoms with Crippen molar-refractivity contribution in [2.75, 3.05) is 20.0 Å². The van der Waals surface area contributed by atoms with E-state index >= 15 is 0 Å². The normalized spacial score (nSPS) is 28.7. The highest BCUT2D eigenvalue weighted by atomic mass is 17.2. The van der Waals surface area contributed by atoms with E-state index in [2.05, 4.69) is 10.5 Å². The third-order valence-corrected chi connectivity index (χ3v) is 9.02. The minimum absolute atomic E-state index is 0.0126. The smallest absolute Gasteiger partial charge is 0.317 e. The summed E-state index contributed by atoms with van der Waals surface area (Å²) in [5.74, 6) is 0.105. The number of nitrogens with two attached hydrogens (primary N) is 1. The lowest BCUT2D eigenvalue weighted by molar-refractivity contribution is -0.372. The first-order valence-electron chi connectivity index (χ1n) is 16.1. The number of aliphatic carboxylic acids is 1. The van der Waals surface area contributed by atoms with Crippen molar-refractivity contribution < 1.29 is 67.9 Å². The van der Waals surface area contributed by atoms with Crippen LogP contribution in [0.15, 0.2) is 35.3 Å². The third kappa shape index (κ3) is 7.11. The van der Waals surface area contributed by atoms with Gasteiger partial charge in [-0.05, 0) is 37.1 Å². The number of carbonyl (C=O) groups excluding carboxylic acids is 1. The molecule has 2 fully saturated rings. The number of nitrogens with one attached hydrogen (secondary N) is 1. The van der Waals surface area contributed by atoms with Crippen molar-refractivity contribution in [1.29, 1.82) is 0 Å². The number of aliphatic hydroxyl groups is 2. The van der Waals surface area contributed by atoms with E-state index in [1.165, 1.54) is 0 Å². The van der Waals surface area contributed by atoms with Crippen LogP contribution >= 0.6 is 0 Å². The molecule has 0 amide bonds. The number of carbonyl (C=O) groups is 2. The van der Waals surface area contributed by atoms with Gasteiger partial charge in [0.1, 0.15) is 48.9 Å². The van der Waals surface area contributed by atoms with Gasteiger partial charge in [-0.3, -0.25) is 14.4 Å². The zero-order chi connectivity index (χ0) is 34.1. The number of carboxylic acid groups (broad SMARTS) is 1. The maximum Gasteiger partial charge on any atom is 0.317 e. The number of fused-ring (bicyclic) bond motifs is 6. The maximum absolute atomic E-state index is 11.8. The van der Waals surface area contributed by atoms with Gasteiger partial charge >= 0.3 is 11.9 Å². The van der Waals surface area contributed by atoms with Gasteiger partial charge in [0.25, 0.3) is 0 Å². The van der Waals surface area contributed by atoms with Crippen molar-refractivity contribution in [3.05, 3.63) is 41.5 Å². The summed E-state index contributed by atoms with van der Waals surface area (Å²) < 4.78 is 33.8. The molecule has 1 saturated heterocycles. The lowest BCUT2D eigenvalue weighted by Crippen LogP contribution is -2.62. The summed E-state index contributed by atoms with van der Waals surface area (Å²) in [6.07, 6.45) is -3.89. The van der Waals surface area contributed by atoms with Crippen LogP contribution in [-0.2, 0) is 28.8 Å². The summed E-state index contributed by atoms with van der Waals surface area (Å²) in [6.45, 7) is -0.0503. The Morgan fingerprint density at radius 1 is 0.959 bits per heavy atom. The molecular weight excluding hydrogens is 650 g/mol. The largest absolute Gasteiger partial charge is 0.492 e. The van der Waals surface area contributed by atoms with Crippen LogP contribution in [0, 0.1) is 0 Å². The average Bonchev–Trinajstić information content (AvgIpc) is 3.70. The van der Waals surface area contributed by atoms with Crippen LogP contribution < -0.4 is 35.0 Å². The monoisotopic (exact) mass is 687 g/mol. The number of nitrogens with zero attached hydrogens (tertiary/aromatic N) is 1. The van der Waals surface area contributed by atoms with Gasteiger partial charge in [0.2, 0.25) is 12.8 Å². The summed E-state index contributed by atoms with van der Waals surface area (Å²) in [7, 11) is 0. The highest BCUT2D eigenvalue weighted by Crippen LogP contribution is 2.54. The van der Waals surface area contributed by atoms with E-state index in [0.717, 1.165) is 37.7 Å². The van der Waals surface area contributed by atoms with Gasteiger partial charge < -0.3 is 54.4 Å². The Kier molecular flexibility index (Phi) is 9.50. The van der Waals surface area contributed by atoms with Gasteiger partial charge in [-0.15, -0.1) is 0 Å². The number of rotatable bonds is 10. The summed E-state index contributed by atoms with van der Waals surface area (Å²) >= 11 is 0. The van der Waals surface area contributed by atoms with Crippen LogP contribution in [0.1, 0.15) is 61.7 Å². The Hall–Kier alpha value is -4.55. The number of hydrogen-bond donors (Lipinski definition) is 5. The quantitative estimate of drug-likeness (QED) is 0.0593. The summed E-state index contributed by atoms with van der Waals surface area (Å²) in [5.41, 5.74) is 10.2. The molecule has 264 valence electrons. The molecule has 0 bridgehead atoms. The van der Waals surface area contributed by atoms with Crippen LogP contribution in [0.3, 0.4) is 0 Å². The van der Waals surface area contributed by atoms with Gasteiger partial charge in [0.05, 0.1) is 18.6 Å². The van der Waals surface area contributed by atoms with E-state index in [9.17, 15) is 19.8 Å². The van der Waals surface area contributed by atoms with Crippen LogP contribution in [0.2, 0.25) is 0 Å². The number of benzene rings is 2. The van der Waals surface area contributed by atoms with Crippen molar-refractivity contribution >= 4 is 17.9 Å². The van der Waals surface area contributed by atoms with Gasteiger partial charge in [-0.1, -0.05) is 19.3 Å². The lowest BCUT2D eigenvalue weighted by Gasteiger charge is -2.40. The van der Waals surface area contributed by atoms with E-state index < -0.39 is 61.8 Å². The molecular formula is C32H37N3O14. The SMILES string of the molecule is NC(=NC1CCCCC1)NO[C@H]1[C@H](O)[C@@H](COC(=O)CC(=O)O)O[C@@H](O)[C@H]1OOc1ccc2c(c1)[C@@H]1Oc3cc4c(cc3[C@H]1CO2)OCO4. The molecule has 0 spiro atoms. The molecule has 7 atom stereocenters. The zero-order valence-corrected chi connectivity index (χ0v) is 26.2. The fraction of sp³-hybridized carbons (Fsp3) is 0.531. The molecule has 6 N–H and O–H groups in total. The minimum Gasteiger partial charge on any atom is -0.492 e. The Morgan fingerprint density at radius 3 is 2.55 bits per heavy atom. The summed E-state index contributed by atoms with van der Waals surface area (Å²) in [4.78, 5) is 44.0. The fourth-order valence-corrected chi connectivity index (χ4v) is 6.59. The number of carboxylic acids is 1. The molecule has 7 rings (SSSR count). The number of esters is 1. The van der Waals surface area contributed by atoms with Crippen molar-refractivity contribution in [1.82, 2.24) is 5.48 Å². The van der Waals surface area contributed by atoms with Crippen molar-refractivity contribution in [3.8, 4) is 28.7 Å². The second kappa shape index (κ2) is 14.1. The Labute approximate surface area is 279 Å². The van der Waals surface area contributed by atoms with Gasteiger partial charge in [0.15, 0.2) is 29.6 Å². The van der Waals surface area contributed by atoms with Gasteiger partial charge in [0, 0.05) is 17.2 Å². The Morgan fingerprint density at radius 2 is 1.76 bits per heavy atom. The van der Waals surface area contributed by atoms with Crippen molar-refractivity contribution in [3.63, 3.8) is 0 Å². The number of guanidine groups is 1. The lowest BCUT2D eigenvalue weighted by atomic mass is 9.89. The molecule has 2 aromatic carbocycles. The second-order valence-corrected chi connectivity index (χ2v) is 12.3. The molecule has 0 aromatic heterocycles. The molecule has 1 saturated carbocycles. The molecule has 4 heterocycles. The van der Waals surface area contributed by atoms with E-state index in [1.807, 2.05) is 6.07 Å².